The molecule has 8 heteroatoms. The summed E-state index contributed by atoms with van der Waals surface area (Å²) in [6.45, 7) is 17.1. The van der Waals surface area contributed by atoms with E-state index in [1.165, 1.54) is 66.8 Å². The van der Waals surface area contributed by atoms with E-state index in [0.29, 0.717) is 26.4 Å². The number of hydrogen-bond donors (Lipinski definition) is 0. The molecule has 17 rings (SSSR count). The molecule has 4 fully saturated rings. The van der Waals surface area contributed by atoms with Gasteiger partial charge in [0.2, 0.25) is 0 Å². The van der Waals surface area contributed by atoms with Crippen LogP contribution in [0.15, 0.2) is 206 Å². The Morgan fingerprint density at radius 1 is 0.261 bits per heavy atom. The fraction of sp³-hybridized carbons (Fsp3) is 0.275. The third-order valence-electron chi connectivity index (χ3n) is 20.1. The van der Waals surface area contributed by atoms with Crippen molar-refractivity contribution < 1.29 is 37.9 Å². The Balaban J connectivity index is 0.864. The van der Waals surface area contributed by atoms with Crippen molar-refractivity contribution in [2.24, 2.45) is 21.7 Å². The molecule has 4 heterocycles. The minimum atomic E-state index is -0.733. The average Bonchev–Trinajstić information content (AvgIpc) is 1.50. The molecule has 0 amide bonds. The van der Waals surface area contributed by atoms with E-state index in [-0.39, 0.29) is 21.7 Å². The van der Waals surface area contributed by atoms with Crippen LogP contribution in [0.2, 0.25) is 0 Å². The maximum absolute atomic E-state index is 6.46. The van der Waals surface area contributed by atoms with Gasteiger partial charge in [-0.2, -0.15) is 0 Å². The predicted octanol–water partition coefficient (Wildman–Crippen LogP) is 16.7. The van der Waals surface area contributed by atoms with Crippen LogP contribution < -0.4 is 18.9 Å². The third-order valence-corrected chi connectivity index (χ3v) is 20.1. The normalized spacial score (nSPS) is 18.9. The van der Waals surface area contributed by atoms with Gasteiger partial charge in [0.1, 0.15) is 23.0 Å². The lowest BCUT2D eigenvalue weighted by molar-refractivity contribution is -0.120. The highest BCUT2D eigenvalue weighted by Gasteiger charge is 2.52. The highest BCUT2D eigenvalue weighted by molar-refractivity contribution is 5.98. The Morgan fingerprint density at radius 3 is 0.773 bits per heavy atom. The van der Waals surface area contributed by atoms with Gasteiger partial charge < -0.3 is 37.9 Å². The van der Waals surface area contributed by atoms with Crippen molar-refractivity contribution in [3.05, 3.63) is 251 Å². The molecule has 438 valence electrons. The second-order valence-electron chi connectivity index (χ2n) is 27.8. The number of ether oxygens (including phenoxy) is 8. The predicted molar refractivity (Wildman–Crippen MR) is 349 cm³/mol. The molecule has 8 nitrogen and oxygen atoms in total. The first-order valence-corrected chi connectivity index (χ1v) is 31.2. The summed E-state index contributed by atoms with van der Waals surface area (Å²) in [4.78, 5) is 0. The molecule has 4 aliphatic heterocycles. The molecule has 0 spiro atoms. The summed E-state index contributed by atoms with van der Waals surface area (Å²) in [6, 6.07) is 78.2. The Labute approximate surface area is 513 Å². The molecule has 6 aliphatic rings. The van der Waals surface area contributed by atoms with Gasteiger partial charge in [0.05, 0.1) is 90.1 Å². The number of benzene rings is 11. The first-order valence-electron chi connectivity index (χ1n) is 31.2. The molecular formula is C80H70O8. The molecule has 0 unspecified atom stereocenters. The smallest absolute Gasteiger partial charge is 0.119 e. The van der Waals surface area contributed by atoms with Crippen LogP contribution in [-0.4, -0.2) is 79.3 Å². The molecule has 0 bridgehead atoms. The maximum Gasteiger partial charge on any atom is 0.119 e. The quantitative estimate of drug-likeness (QED) is 0.0947. The SMILES string of the molecule is CC1(COc2ccc3cc(C4(c5ccc6cc(OCC7(C)COC7)ccc6c5)c5ccccc5-c5cc6c(cc54)-c4ccccc4C6(c4ccc5cc(OCC6(C)COC6)ccc5c4)c4ccc5cc(OCC6(C)COC6)ccc5c4)ccc3c2)COC1. The minimum absolute atomic E-state index is 0.0342. The zero-order valence-electron chi connectivity index (χ0n) is 50.4. The minimum Gasteiger partial charge on any atom is -0.493 e. The van der Waals surface area contributed by atoms with Crippen LogP contribution in [0.1, 0.15) is 72.2 Å². The van der Waals surface area contributed by atoms with E-state index in [4.69, 9.17) is 37.9 Å². The Kier molecular flexibility index (Phi) is 12.2. The molecule has 0 atom stereocenters. The molecule has 11 aromatic carbocycles. The van der Waals surface area contributed by atoms with Gasteiger partial charge in [-0.25, -0.2) is 0 Å². The van der Waals surface area contributed by atoms with Crippen molar-refractivity contribution in [1.82, 2.24) is 0 Å². The van der Waals surface area contributed by atoms with Crippen LogP contribution in [-0.2, 0) is 29.8 Å². The zero-order valence-corrected chi connectivity index (χ0v) is 50.4. The summed E-state index contributed by atoms with van der Waals surface area (Å²) >= 11 is 0. The van der Waals surface area contributed by atoms with Gasteiger partial charge in [-0.05, 0) is 195 Å². The summed E-state index contributed by atoms with van der Waals surface area (Å²) in [7, 11) is 0. The van der Waals surface area contributed by atoms with Gasteiger partial charge in [-0.1, -0.05) is 149 Å². The summed E-state index contributed by atoms with van der Waals surface area (Å²) in [5.41, 5.74) is 13.4. The van der Waals surface area contributed by atoms with E-state index in [2.05, 4.69) is 234 Å². The van der Waals surface area contributed by atoms with Crippen LogP contribution in [0.3, 0.4) is 0 Å². The van der Waals surface area contributed by atoms with Crippen molar-refractivity contribution in [3.8, 4) is 45.3 Å². The zero-order chi connectivity index (χ0) is 59.0. The first kappa shape index (κ1) is 53.7. The number of fused-ring (bicyclic) bond motifs is 10. The van der Waals surface area contributed by atoms with E-state index < -0.39 is 10.8 Å². The van der Waals surface area contributed by atoms with Gasteiger partial charge >= 0.3 is 0 Å². The van der Waals surface area contributed by atoms with Crippen LogP contribution in [0, 0.1) is 21.7 Å². The van der Waals surface area contributed by atoms with Crippen molar-refractivity contribution in [2.75, 3.05) is 79.3 Å². The Morgan fingerprint density at radius 2 is 0.511 bits per heavy atom. The van der Waals surface area contributed by atoms with Crippen LogP contribution >= 0.6 is 0 Å². The second-order valence-corrected chi connectivity index (χ2v) is 27.8. The van der Waals surface area contributed by atoms with E-state index >= 15 is 0 Å². The second kappa shape index (κ2) is 20.0. The fourth-order valence-electron chi connectivity index (χ4n) is 15.0. The van der Waals surface area contributed by atoms with Gasteiger partial charge in [0.15, 0.2) is 0 Å². The van der Waals surface area contributed by atoms with E-state index in [0.717, 1.165) is 119 Å². The topological polar surface area (TPSA) is 73.8 Å². The largest absolute Gasteiger partial charge is 0.493 e. The lowest BCUT2D eigenvalue weighted by Gasteiger charge is -2.37. The first-order chi connectivity index (χ1) is 42.8. The summed E-state index contributed by atoms with van der Waals surface area (Å²) in [5.74, 6) is 3.48. The summed E-state index contributed by atoms with van der Waals surface area (Å²) in [5, 5.41) is 9.15. The van der Waals surface area contributed by atoms with Gasteiger partial charge in [-0.15, -0.1) is 0 Å². The summed E-state index contributed by atoms with van der Waals surface area (Å²) < 4.78 is 48.1. The van der Waals surface area contributed by atoms with E-state index in [9.17, 15) is 0 Å². The van der Waals surface area contributed by atoms with E-state index in [1.807, 2.05) is 0 Å². The molecular weight excluding hydrogens is 1090 g/mol. The van der Waals surface area contributed by atoms with Crippen molar-refractivity contribution in [3.63, 3.8) is 0 Å². The van der Waals surface area contributed by atoms with Crippen molar-refractivity contribution in [2.45, 2.75) is 38.5 Å². The standard InChI is InChI=1S/C80H70O8/c1-75(39-81-40-75)47-85-63-25-17-51-29-59(21-13-55(51)33-63)79(60-22-14-56-34-64(26-18-52(56)30-60)86-48-76(2)41-82-42-76)71-11-7-5-9-67(71)69-38-74-70(37-73(69)79)68-10-6-8-12-72(68)80(74,61-23-15-57-35-65(27-19-53(57)31-61)87-49-77(3)43-83-44-77)62-24-16-58-36-66(28-20-54(58)32-62)88-50-78(4)45-84-46-78/h5-38H,39-50H2,1-4H3. The molecule has 2 aliphatic carbocycles. The molecule has 0 radical (unpaired) electrons. The van der Waals surface area contributed by atoms with Crippen molar-refractivity contribution in [1.29, 1.82) is 0 Å². The van der Waals surface area contributed by atoms with E-state index in [1.54, 1.807) is 0 Å². The molecule has 88 heavy (non-hydrogen) atoms. The summed E-state index contributed by atoms with van der Waals surface area (Å²) in [6.07, 6.45) is 0. The monoisotopic (exact) mass is 1160 g/mol. The average molecular weight is 1160 g/mol. The molecule has 0 aromatic heterocycles. The number of hydrogen-bond acceptors (Lipinski definition) is 8. The highest BCUT2D eigenvalue weighted by Crippen LogP contribution is 2.63. The van der Waals surface area contributed by atoms with Gasteiger partial charge in [0.25, 0.3) is 0 Å². The van der Waals surface area contributed by atoms with Crippen LogP contribution in [0.4, 0.5) is 0 Å². The van der Waals surface area contributed by atoms with Crippen LogP contribution in [0.25, 0.3) is 65.3 Å². The Bertz CT molecular complexity index is 4130. The molecule has 4 saturated heterocycles. The molecule has 0 N–H and O–H groups in total. The molecule has 0 saturated carbocycles. The van der Waals surface area contributed by atoms with Gasteiger partial charge in [0, 0.05) is 21.7 Å². The molecule has 11 aromatic rings. The fourth-order valence-corrected chi connectivity index (χ4v) is 15.0. The third kappa shape index (κ3) is 8.61. The van der Waals surface area contributed by atoms with Crippen molar-refractivity contribution >= 4 is 43.1 Å². The lowest BCUT2D eigenvalue weighted by atomic mass is 9.65. The van der Waals surface area contributed by atoms with Crippen LogP contribution in [0.5, 0.6) is 23.0 Å². The lowest BCUT2D eigenvalue weighted by Crippen LogP contribution is -2.44. The Hall–Kier alpha value is -8.50. The van der Waals surface area contributed by atoms with Gasteiger partial charge in [-0.3, -0.25) is 0 Å². The maximum atomic E-state index is 6.46. The number of rotatable bonds is 16. The highest BCUT2D eigenvalue weighted by atomic mass is 16.5.